The van der Waals surface area contributed by atoms with Crippen molar-refractivity contribution in [1.82, 2.24) is 0 Å². The molecule has 2 aromatic rings. The molecule has 7 heteroatoms. The van der Waals surface area contributed by atoms with E-state index in [9.17, 15) is 9.59 Å². The lowest BCUT2D eigenvalue weighted by Gasteiger charge is -2.29. The van der Waals surface area contributed by atoms with Crippen molar-refractivity contribution in [3.05, 3.63) is 51.8 Å². The van der Waals surface area contributed by atoms with Crippen molar-refractivity contribution in [3.8, 4) is 28.7 Å². The molecule has 0 aromatic heterocycles. The summed E-state index contributed by atoms with van der Waals surface area (Å²) in [6, 6.07) is 5.12. The quantitative estimate of drug-likeness (QED) is 0.784. The molecule has 7 nitrogen and oxygen atoms in total. The van der Waals surface area contributed by atoms with Crippen molar-refractivity contribution in [2.24, 2.45) is 0 Å². The molecule has 2 aromatic carbocycles. The first-order valence-corrected chi connectivity index (χ1v) is 8.96. The van der Waals surface area contributed by atoms with Crippen molar-refractivity contribution in [3.63, 3.8) is 0 Å². The van der Waals surface area contributed by atoms with Crippen LogP contribution in [0.2, 0.25) is 0 Å². The van der Waals surface area contributed by atoms with Gasteiger partial charge in [-0.25, -0.2) is 0 Å². The minimum absolute atomic E-state index is 0.00346. The van der Waals surface area contributed by atoms with Gasteiger partial charge >= 0.3 is 0 Å². The lowest BCUT2D eigenvalue weighted by molar-refractivity contribution is 0.0924. The van der Waals surface area contributed by atoms with E-state index >= 15 is 0 Å². The van der Waals surface area contributed by atoms with Gasteiger partial charge in [-0.05, 0) is 18.6 Å². The number of methoxy groups -OCH3 is 4. The van der Waals surface area contributed by atoms with E-state index in [2.05, 4.69) is 0 Å². The van der Waals surface area contributed by atoms with Crippen molar-refractivity contribution in [1.29, 1.82) is 0 Å². The molecule has 0 radical (unpaired) electrons. The molecule has 0 spiro atoms. The highest BCUT2D eigenvalue weighted by Gasteiger charge is 2.42. The predicted molar refractivity (Wildman–Crippen MR) is 104 cm³/mol. The first kappa shape index (κ1) is 18.9. The highest BCUT2D eigenvalue weighted by molar-refractivity contribution is 6.29. The number of hydrogen-bond donors (Lipinski definition) is 0. The van der Waals surface area contributed by atoms with Gasteiger partial charge in [0.15, 0.2) is 23.0 Å². The molecule has 0 saturated heterocycles. The van der Waals surface area contributed by atoms with Gasteiger partial charge in [-0.15, -0.1) is 0 Å². The van der Waals surface area contributed by atoms with Crippen LogP contribution in [0.25, 0.3) is 0 Å². The van der Waals surface area contributed by atoms with Gasteiger partial charge in [-0.3, -0.25) is 9.59 Å². The summed E-state index contributed by atoms with van der Waals surface area (Å²) in [7, 11) is 5.86. The number of Topliss-reactive ketones (excluding diaryl/α,β-unsaturated/α-hetero) is 2. The summed E-state index contributed by atoms with van der Waals surface area (Å²) in [4.78, 5) is 26.8. The molecular formula is C22H20O7. The summed E-state index contributed by atoms with van der Waals surface area (Å²) < 4.78 is 27.4. The molecule has 1 aliphatic carbocycles. The fraction of sp³-hybridized carbons (Fsp3) is 0.273. The smallest absolute Gasteiger partial charge is 0.233 e. The van der Waals surface area contributed by atoms with Gasteiger partial charge in [0.2, 0.25) is 5.78 Å². The number of ether oxygens (including phenoxy) is 5. The van der Waals surface area contributed by atoms with Crippen LogP contribution in [-0.4, -0.2) is 40.0 Å². The Morgan fingerprint density at radius 1 is 0.828 bits per heavy atom. The SMILES string of the molecule is COc1cc(C)c2c(c1)OC1=C(C2)C(=O)c2c(OC)cc(OC)c(OC)c2C1=O. The van der Waals surface area contributed by atoms with Crippen molar-refractivity contribution in [2.75, 3.05) is 28.4 Å². The van der Waals surface area contributed by atoms with Gasteiger partial charge in [0.25, 0.3) is 0 Å². The van der Waals surface area contributed by atoms with Gasteiger partial charge in [0.05, 0.1) is 45.1 Å². The maximum atomic E-state index is 13.4. The zero-order valence-electron chi connectivity index (χ0n) is 16.8. The molecule has 0 amide bonds. The minimum Gasteiger partial charge on any atom is -0.497 e. The van der Waals surface area contributed by atoms with Crippen LogP contribution in [0.1, 0.15) is 31.8 Å². The summed E-state index contributed by atoms with van der Waals surface area (Å²) in [6.07, 6.45) is 0.280. The zero-order valence-corrected chi connectivity index (χ0v) is 16.8. The van der Waals surface area contributed by atoms with Crippen LogP contribution in [0.3, 0.4) is 0 Å². The molecule has 0 fully saturated rings. The maximum Gasteiger partial charge on any atom is 0.233 e. The third-order valence-electron chi connectivity index (χ3n) is 5.27. The number of hydrogen-bond acceptors (Lipinski definition) is 7. The Bertz CT molecular complexity index is 1100. The molecule has 0 atom stereocenters. The van der Waals surface area contributed by atoms with Crippen LogP contribution >= 0.6 is 0 Å². The molecule has 1 aliphatic heterocycles. The average molecular weight is 396 g/mol. The number of carbonyl (C=O) groups is 2. The molecule has 0 unspecified atom stereocenters. The minimum atomic E-state index is -0.449. The second kappa shape index (κ2) is 6.84. The molecular weight excluding hydrogens is 376 g/mol. The third kappa shape index (κ3) is 2.65. The number of carbonyl (C=O) groups excluding carboxylic acids is 2. The number of allylic oxidation sites excluding steroid dienone is 2. The zero-order chi connectivity index (χ0) is 20.9. The Morgan fingerprint density at radius 2 is 1.55 bits per heavy atom. The Balaban J connectivity index is 1.93. The van der Waals surface area contributed by atoms with E-state index in [0.29, 0.717) is 22.8 Å². The van der Waals surface area contributed by atoms with Gasteiger partial charge in [-0.2, -0.15) is 0 Å². The van der Waals surface area contributed by atoms with E-state index in [0.717, 1.165) is 11.1 Å². The summed E-state index contributed by atoms with van der Waals surface area (Å²) in [5.74, 6) is 1.05. The lowest BCUT2D eigenvalue weighted by atomic mass is 9.82. The van der Waals surface area contributed by atoms with Crippen molar-refractivity contribution in [2.45, 2.75) is 13.3 Å². The van der Waals surface area contributed by atoms with E-state index in [1.165, 1.54) is 21.3 Å². The highest BCUT2D eigenvalue weighted by atomic mass is 16.5. The van der Waals surface area contributed by atoms with Crippen molar-refractivity contribution < 1.29 is 33.3 Å². The average Bonchev–Trinajstić information content (AvgIpc) is 2.74. The molecule has 2 aliphatic rings. The summed E-state index contributed by atoms with van der Waals surface area (Å²) >= 11 is 0. The van der Waals surface area contributed by atoms with Gasteiger partial charge in [0.1, 0.15) is 17.2 Å². The Labute approximate surface area is 167 Å². The largest absolute Gasteiger partial charge is 0.497 e. The van der Waals surface area contributed by atoms with E-state index in [1.807, 2.05) is 13.0 Å². The molecule has 29 heavy (non-hydrogen) atoms. The standard InChI is InChI=1S/C22H20O7/c1-10-6-11(25-2)7-14-12(10)8-13-19(23)17-15(26-3)9-16(27-4)22(28-5)18(17)20(24)21(13)29-14/h6-7,9H,8H2,1-5H3. The van der Waals surface area contributed by atoms with Gasteiger partial charge in [0, 0.05) is 24.1 Å². The first-order chi connectivity index (χ1) is 13.9. The van der Waals surface area contributed by atoms with Crippen LogP contribution < -0.4 is 23.7 Å². The molecule has 1 heterocycles. The van der Waals surface area contributed by atoms with Crippen LogP contribution in [0.4, 0.5) is 0 Å². The number of benzene rings is 2. The second-order valence-corrected chi connectivity index (χ2v) is 6.73. The van der Waals surface area contributed by atoms with E-state index < -0.39 is 5.78 Å². The van der Waals surface area contributed by atoms with E-state index in [4.69, 9.17) is 23.7 Å². The van der Waals surface area contributed by atoms with Crippen LogP contribution in [0.5, 0.6) is 28.7 Å². The van der Waals surface area contributed by atoms with Crippen LogP contribution in [0.15, 0.2) is 29.5 Å². The third-order valence-corrected chi connectivity index (χ3v) is 5.27. The number of ketones is 2. The summed E-state index contributed by atoms with van der Waals surface area (Å²) in [5.41, 5.74) is 2.29. The molecule has 0 N–H and O–H groups in total. The van der Waals surface area contributed by atoms with E-state index in [1.54, 1.807) is 19.2 Å². The van der Waals surface area contributed by atoms with Crippen LogP contribution in [0, 0.1) is 6.92 Å². The molecule has 0 bridgehead atoms. The monoisotopic (exact) mass is 396 g/mol. The first-order valence-electron chi connectivity index (χ1n) is 8.96. The number of aryl methyl sites for hydroxylation is 1. The van der Waals surface area contributed by atoms with Crippen molar-refractivity contribution >= 4 is 11.6 Å². The Morgan fingerprint density at radius 3 is 2.17 bits per heavy atom. The number of rotatable bonds is 4. The predicted octanol–water partition coefficient (Wildman–Crippen LogP) is 3.30. The van der Waals surface area contributed by atoms with E-state index in [-0.39, 0.29) is 40.6 Å². The summed E-state index contributed by atoms with van der Waals surface area (Å²) in [5, 5.41) is 0. The van der Waals surface area contributed by atoms with Gasteiger partial charge < -0.3 is 23.7 Å². The normalized spacial score (nSPS) is 14.5. The molecule has 150 valence electrons. The number of fused-ring (bicyclic) bond motifs is 2. The molecule has 4 rings (SSSR count). The fourth-order valence-electron chi connectivity index (χ4n) is 3.82. The summed E-state index contributed by atoms with van der Waals surface area (Å²) in [6.45, 7) is 1.91. The Hall–Kier alpha value is -3.48. The topological polar surface area (TPSA) is 80.3 Å². The van der Waals surface area contributed by atoms with Gasteiger partial charge in [-0.1, -0.05) is 0 Å². The molecule has 0 saturated carbocycles. The highest BCUT2D eigenvalue weighted by Crippen LogP contribution is 2.47. The lowest BCUT2D eigenvalue weighted by Crippen LogP contribution is -2.30. The Kier molecular flexibility index (Phi) is 4.45. The second-order valence-electron chi connectivity index (χ2n) is 6.73. The maximum absolute atomic E-state index is 13.4. The fourth-order valence-corrected chi connectivity index (χ4v) is 3.82. The van der Waals surface area contributed by atoms with Crippen LogP contribution in [-0.2, 0) is 6.42 Å².